The van der Waals surface area contributed by atoms with Gasteiger partial charge in [0, 0.05) is 91.8 Å². The van der Waals surface area contributed by atoms with E-state index in [4.69, 9.17) is 33.9 Å². The second kappa shape index (κ2) is 43.1. The topological polar surface area (TPSA) is 324 Å². The van der Waals surface area contributed by atoms with Crippen molar-refractivity contribution in [2.75, 3.05) is 153 Å². The van der Waals surface area contributed by atoms with E-state index >= 15 is 0 Å². The molecule has 0 radical (unpaired) electrons. The Morgan fingerprint density at radius 2 is 0.608 bits per heavy atom. The van der Waals surface area contributed by atoms with Gasteiger partial charge in [0.05, 0.1) is 97.0 Å². The van der Waals surface area contributed by atoms with Crippen LogP contribution in [0, 0.1) is 0 Å². The van der Waals surface area contributed by atoms with Crippen LogP contribution in [-0.2, 0) is 41.6 Å². The van der Waals surface area contributed by atoms with Crippen molar-refractivity contribution in [3.8, 4) is 23.8 Å². The van der Waals surface area contributed by atoms with Crippen LogP contribution in [0.25, 0.3) is 78.7 Å². The molecule has 12 heterocycles. The number of alkyl halides is 8. The number of para-hydroxylation sites is 8. The fourth-order valence-electron chi connectivity index (χ4n) is 19.1. The first kappa shape index (κ1) is 101. The average molecular weight is 2020 g/mol. The summed E-state index contributed by atoms with van der Waals surface area (Å²) in [6.07, 6.45) is -8.43. The molecule has 22 rings (SSSR count). The molecule has 1 saturated carbocycles. The summed E-state index contributed by atoms with van der Waals surface area (Å²) in [6.45, 7) is 30.8. The molecule has 8 aromatic heterocycles. The number of benzene rings is 9. The maximum absolute atomic E-state index is 14.2. The van der Waals surface area contributed by atoms with Crippen molar-refractivity contribution in [2.45, 2.75) is 147 Å². The minimum atomic E-state index is -2.81. The van der Waals surface area contributed by atoms with E-state index in [1.54, 1.807) is 97.1 Å². The van der Waals surface area contributed by atoms with Crippen molar-refractivity contribution in [3.05, 3.63) is 276 Å². The zero-order valence-electron chi connectivity index (χ0n) is 83.8. The van der Waals surface area contributed by atoms with Gasteiger partial charge in [-0.1, -0.05) is 210 Å². The molecular weight excluding hydrogens is 1910 g/mol. The van der Waals surface area contributed by atoms with Gasteiger partial charge in [-0.2, -0.15) is 59.8 Å². The van der Waals surface area contributed by atoms with Gasteiger partial charge in [0.25, 0.3) is 25.7 Å². The number of rotatable bonds is 28. The first-order valence-electron chi connectivity index (χ1n) is 49.5. The highest BCUT2D eigenvalue weighted by Crippen LogP contribution is 2.57. The molecule has 5 aliphatic rings. The van der Waals surface area contributed by atoms with Gasteiger partial charge < -0.3 is 59.8 Å². The SMILES string of the molecule is CC(C)(CNc1nc(N2CCOCC2)nc(-n2c(C(F)F)nc3ccccc32)n1)c1ccccc1.CC(C)(Cc1cccc2ccccc12)Nc1nc(N2CCOCC2)nc(-n2c(C(F)F)nc3ccccc32)n1.CC(C)(Nc1nc(N2CCOCC2)nc(-n2c(C(F)F)nc3ccccc32)n1)C(C)(C)c1ccccc1.CC(C)(Nc1nc(N2CCOCC2)nc(-n2c(C(F)F)nc3ccccc32)n1)C1(c2ccccc2)CC1. The van der Waals surface area contributed by atoms with Gasteiger partial charge in [0.15, 0.2) is 23.3 Å². The Morgan fingerprint density at radius 3 is 0.980 bits per heavy atom. The van der Waals surface area contributed by atoms with Crippen molar-refractivity contribution in [1.82, 2.24) is 98.0 Å². The molecule has 4 aliphatic heterocycles. The number of aromatic nitrogens is 20. The second-order valence-electron chi connectivity index (χ2n) is 39.7. The number of nitrogens with zero attached hydrogens (tertiary/aromatic N) is 24. The van der Waals surface area contributed by atoms with Crippen LogP contribution in [0.1, 0.15) is 153 Å². The maximum atomic E-state index is 14.2. The first-order chi connectivity index (χ1) is 71.3. The van der Waals surface area contributed by atoms with Crippen LogP contribution in [0.2, 0.25) is 0 Å². The third kappa shape index (κ3) is 22.0. The molecular formula is C108H116F8N28O4. The van der Waals surface area contributed by atoms with E-state index in [1.165, 1.54) is 40.2 Å². The van der Waals surface area contributed by atoms with Crippen LogP contribution in [-0.4, -0.2) is 226 Å². The molecule has 9 aromatic carbocycles. The highest BCUT2D eigenvalue weighted by atomic mass is 19.3. The third-order valence-electron chi connectivity index (χ3n) is 27.9. The summed E-state index contributed by atoms with van der Waals surface area (Å²) < 4.78 is 140. The van der Waals surface area contributed by atoms with Crippen LogP contribution in [0.4, 0.5) is 82.7 Å². The normalized spacial score (nSPS) is 15.3. The predicted molar refractivity (Wildman–Crippen MR) is 555 cm³/mol. The zero-order valence-corrected chi connectivity index (χ0v) is 83.8. The summed E-state index contributed by atoms with van der Waals surface area (Å²) in [6, 6.07) is 73.3. The van der Waals surface area contributed by atoms with Crippen molar-refractivity contribution in [1.29, 1.82) is 0 Å². The molecule has 0 spiro atoms. The lowest BCUT2D eigenvalue weighted by atomic mass is 9.70. The Balaban J connectivity index is 0.000000124. The van der Waals surface area contributed by atoms with E-state index in [-0.39, 0.29) is 40.0 Å². The minimum Gasteiger partial charge on any atom is -0.378 e. The zero-order chi connectivity index (χ0) is 103. The van der Waals surface area contributed by atoms with Crippen molar-refractivity contribution in [3.63, 3.8) is 0 Å². The largest absolute Gasteiger partial charge is 0.378 e. The number of imidazole rings is 4. The van der Waals surface area contributed by atoms with Crippen molar-refractivity contribution >= 4 is 102 Å². The highest BCUT2D eigenvalue weighted by molar-refractivity contribution is 5.86. The lowest BCUT2D eigenvalue weighted by molar-refractivity contribution is 0.122. The molecule has 0 unspecified atom stereocenters. The summed E-state index contributed by atoms with van der Waals surface area (Å²) in [5.41, 5.74) is 6.62. The number of nitrogens with one attached hydrogen (secondary N) is 4. The number of anilines is 8. The van der Waals surface area contributed by atoms with Gasteiger partial charge in [-0.3, -0.25) is 18.3 Å². The van der Waals surface area contributed by atoms with Crippen LogP contribution < -0.4 is 40.9 Å². The molecule has 4 saturated heterocycles. The lowest BCUT2D eigenvalue weighted by Crippen LogP contribution is -2.49. The molecule has 4 N–H and O–H groups in total. The van der Waals surface area contributed by atoms with E-state index in [0.717, 1.165) is 24.0 Å². The molecule has 40 heteroatoms. The van der Waals surface area contributed by atoms with Gasteiger partial charge in [0.1, 0.15) is 0 Å². The Labute approximate surface area is 849 Å². The molecule has 0 atom stereocenters. The van der Waals surface area contributed by atoms with Crippen molar-refractivity contribution in [2.24, 2.45) is 0 Å². The van der Waals surface area contributed by atoms with E-state index in [0.29, 0.717) is 210 Å². The van der Waals surface area contributed by atoms with Crippen LogP contribution >= 0.6 is 0 Å². The number of morpholine rings is 4. The number of hydrogen-bond donors (Lipinski definition) is 4. The smallest absolute Gasteiger partial charge is 0.296 e. The van der Waals surface area contributed by atoms with E-state index in [9.17, 15) is 35.1 Å². The lowest BCUT2D eigenvalue weighted by Gasteiger charge is -2.43. The maximum Gasteiger partial charge on any atom is 0.296 e. The summed E-state index contributed by atoms with van der Waals surface area (Å²) in [5.74, 6) is 1.72. The van der Waals surface area contributed by atoms with Gasteiger partial charge in [-0.05, 0) is 142 Å². The Morgan fingerprint density at radius 1 is 0.304 bits per heavy atom. The van der Waals surface area contributed by atoms with E-state index < -0.39 is 65.6 Å². The second-order valence-corrected chi connectivity index (χ2v) is 39.7. The minimum absolute atomic E-state index is 0.0734. The summed E-state index contributed by atoms with van der Waals surface area (Å²) in [4.78, 5) is 80.5. The Kier molecular flexibility index (Phi) is 29.6. The fourth-order valence-corrected chi connectivity index (χ4v) is 19.1. The molecule has 5 fully saturated rings. The average Bonchev–Trinajstić information content (AvgIpc) is 1.57. The highest BCUT2D eigenvalue weighted by Gasteiger charge is 2.56. The molecule has 148 heavy (non-hydrogen) atoms. The van der Waals surface area contributed by atoms with Gasteiger partial charge in [-0.15, -0.1) is 0 Å². The molecule has 768 valence electrons. The van der Waals surface area contributed by atoms with Crippen LogP contribution in [0.15, 0.2) is 231 Å². The summed E-state index contributed by atoms with van der Waals surface area (Å²) in [7, 11) is 0. The predicted octanol–water partition coefficient (Wildman–Crippen LogP) is 20.0. The van der Waals surface area contributed by atoms with Crippen LogP contribution in [0.3, 0.4) is 0 Å². The van der Waals surface area contributed by atoms with Crippen LogP contribution in [0.5, 0.6) is 0 Å². The monoisotopic (exact) mass is 2020 g/mol. The van der Waals surface area contributed by atoms with E-state index in [1.807, 2.05) is 74.2 Å². The number of fused-ring (bicyclic) bond motifs is 5. The van der Waals surface area contributed by atoms with Crippen molar-refractivity contribution < 1.29 is 54.1 Å². The Hall–Kier alpha value is -15.2. The van der Waals surface area contributed by atoms with Gasteiger partial charge in [-0.25, -0.2) is 55.1 Å². The molecule has 32 nitrogen and oxygen atoms in total. The van der Waals surface area contributed by atoms with Gasteiger partial charge in [0.2, 0.25) is 71.4 Å². The first-order valence-corrected chi connectivity index (χ1v) is 49.5. The summed E-state index contributed by atoms with van der Waals surface area (Å²) >= 11 is 0. The van der Waals surface area contributed by atoms with Gasteiger partial charge >= 0.3 is 0 Å². The number of ether oxygens (including phenoxy) is 4. The summed E-state index contributed by atoms with van der Waals surface area (Å²) in [5, 5.41) is 16.2. The molecule has 0 amide bonds. The number of hydrogen-bond acceptors (Lipinski definition) is 28. The third-order valence-corrected chi connectivity index (χ3v) is 27.9. The quantitative estimate of drug-likeness (QED) is 0.0331. The fraction of sp³-hybridized carbons (Fsp3) is 0.370. The Bertz CT molecular complexity index is 7270. The molecule has 1 aliphatic carbocycles. The standard InChI is InChI=1S/C29H29F2N7O.C27H29F2N7O.C27H31F2N7O.C25H27F2N7O/c1-29(2,18-20-10-7-9-19-8-3-4-11-21(19)20)36-26-33-27(37-14-16-39-17-15-37)35-28(34-26)38-23-13-6-5-12-22(23)32-25(38)24(30)31;1-26(2,27(12-13-27)18-8-4-3-5-9-18)34-23-31-24(35-14-16-37-17-15-35)33-25(32-23)36-20-11-7-6-10-19(20)30-22(36)21(28)29;1-26(2,18-10-6-5-7-11-18)27(3,4)34-23-31-24(35-14-16-37-17-15-35)33-25(32-23)36-20-13-9-8-12-19(20)30-22(36)21(28)29;1-25(2,17-8-4-3-5-9-17)16-28-22-30-23(33-12-14-35-15-13-33)32-24(31-22)34-19-11-7-6-10-18(19)29-21(34)20(26)27/h3-13,24H,14-18H2,1-2H3,(H,33,34,35,36);3-11,21H,12-17H2,1-2H3,(H,31,32,33,34);5-13,21H,14-17H2,1-4H3,(H,31,32,33,34);3-11,20H,12-16H2,1-2H3,(H,28,30,31,32). The molecule has 0 bridgehead atoms. The number of halogens is 8. The van der Waals surface area contributed by atoms with E-state index in [2.05, 4.69) is 234 Å². The molecule has 17 aromatic rings.